The second-order valence-electron chi connectivity index (χ2n) is 7.54. The van der Waals surface area contributed by atoms with Gasteiger partial charge in [0.1, 0.15) is 11.7 Å². The summed E-state index contributed by atoms with van der Waals surface area (Å²) >= 11 is 6.02. The summed E-state index contributed by atoms with van der Waals surface area (Å²) in [4.78, 5) is 29.5. The molecule has 0 bridgehead atoms. The predicted octanol–water partition coefficient (Wildman–Crippen LogP) is 2.99. The zero-order chi connectivity index (χ0) is 20.2. The van der Waals surface area contributed by atoms with Crippen molar-refractivity contribution in [2.75, 3.05) is 6.54 Å². The Morgan fingerprint density at radius 3 is 2.86 bits per heavy atom. The molecule has 3 aromatic rings. The molecule has 0 saturated heterocycles. The number of carbonyl (C=O) groups is 1. The molecule has 1 N–H and O–H groups in total. The molecule has 1 fully saturated rings. The molecule has 7 nitrogen and oxygen atoms in total. The van der Waals surface area contributed by atoms with Crippen molar-refractivity contribution < 1.29 is 4.79 Å². The Kier molecular flexibility index (Phi) is 5.94. The van der Waals surface area contributed by atoms with Gasteiger partial charge in [0.25, 0.3) is 5.56 Å². The smallest absolute Gasteiger partial charge is 0.264 e. The molecule has 0 unspecified atom stereocenters. The monoisotopic (exact) mass is 413 g/mol. The van der Waals surface area contributed by atoms with Crippen molar-refractivity contribution in [3.63, 3.8) is 0 Å². The first-order chi connectivity index (χ1) is 14.1. The number of amides is 1. The summed E-state index contributed by atoms with van der Waals surface area (Å²) in [7, 11) is 0. The Morgan fingerprint density at radius 2 is 2.07 bits per heavy atom. The molecule has 8 heteroatoms. The lowest BCUT2D eigenvalue weighted by atomic mass is 9.89. The van der Waals surface area contributed by atoms with Gasteiger partial charge in [-0.05, 0) is 30.5 Å². The SMILES string of the molecule is O=C(NCCn1ncc2c(=O)n(Cc3cccc(Cl)c3)cnc21)C1CCCCC1. The molecule has 1 aliphatic rings. The maximum absolute atomic E-state index is 12.8. The number of nitrogens with one attached hydrogen (secondary N) is 1. The standard InChI is InChI=1S/C21H24ClN5O2/c22-17-8-4-5-15(11-17)13-26-14-24-19-18(21(26)29)12-25-27(19)10-9-23-20(28)16-6-2-1-3-7-16/h4-5,8,11-12,14,16H,1-3,6-7,9-10,13H2,(H,23,28). The zero-order valence-corrected chi connectivity index (χ0v) is 16.9. The van der Waals surface area contributed by atoms with Gasteiger partial charge in [-0.2, -0.15) is 5.10 Å². The second kappa shape index (κ2) is 8.78. The average Bonchev–Trinajstić information content (AvgIpc) is 3.14. The van der Waals surface area contributed by atoms with Gasteiger partial charge >= 0.3 is 0 Å². The lowest BCUT2D eigenvalue weighted by Crippen LogP contribution is -2.34. The molecular weight excluding hydrogens is 390 g/mol. The van der Waals surface area contributed by atoms with Crippen LogP contribution in [0.4, 0.5) is 0 Å². The lowest BCUT2D eigenvalue weighted by molar-refractivity contribution is -0.125. The minimum Gasteiger partial charge on any atom is -0.354 e. The second-order valence-corrected chi connectivity index (χ2v) is 7.97. The molecule has 1 amide bonds. The molecule has 4 rings (SSSR count). The lowest BCUT2D eigenvalue weighted by Gasteiger charge is -2.20. The van der Waals surface area contributed by atoms with Crippen molar-refractivity contribution in [1.29, 1.82) is 0 Å². The van der Waals surface area contributed by atoms with Crippen LogP contribution in [0, 0.1) is 5.92 Å². The third-order valence-electron chi connectivity index (χ3n) is 5.46. The fourth-order valence-electron chi connectivity index (χ4n) is 3.90. The number of nitrogens with zero attached hydrogens (tertiary/aromatic N) is 4. The van der Waals surface area contributed by atoms with E-state index in [1.165, 1.54) is 12.7 Å². The molecule has 29 heavy (non-hydrogen) atoms. The van der Waals surface area contributed by atoms with E-state index >= 15 is 0 Å². The summed E-state index contributed by atoms with van der Waals surface area (Å²) in [5.74, 6) is 0.257. The Morgan fingerprint density at radius 1 is 1.24 bits per heavy atom. The van der Waals surface area contributed by atoms with Crippen LogP contribution in [0.2, 0.25) is 5.02 Å². The third kappa shape index (κ3) is 4.50. The summed E-state index contributed by atoms with van der Waals surface area (Å²) in [5.41, 5.74) is 1.32. The first-order valence-corrected chi connectivity index (χ1v) is 10.4. The molecule has 152 valence electrons. The minimum atomic E-state index is -0.146. The largest absolute Gasteiger partial charge is 0.354 e. The van der Waals surface area contributed by atoms with Crippen molar-refractivity contribution in [3.05, 3.63) is 57.7 Å². The molecule has 2 heterocycles. The van der Waals surface area contributed by atoms with Gasteiger partial charge in [-0.1, -0.05) is 43.0 Å². The number of halogens is 1. The van der Waals surface area contributed by atoms with Gasteiger partial charge in [0.15, 0.2) is 5.65 Å². The van der Waals surface area contributed by atoms with Crippen LogP contribution in [-0.4, -0.2) is 31.8 Å². The first-order valence-electron chi connectivity index (χ1n) is 10.0. The van der Waals surface area contributed by atoms with Crippen molar-refractivity contribution in [2.24, 2.45) is 5.92 Å². The highest BCUT2D eigenvalue weighted by atomic mass is 35.5. The van der Waals surface area contributed by atoms with Crippen molar-refractivity contribution in [3.8, 4) is 0 Å². The van der Waals surface area contributed by atoms with Gasteiger partial charge in [-0.15, -0.1) is 0 Å². The number of benzene rings is 1. The van der Waals surface area contributed by atoms with Gasteiger partial charge in [0, 0.05) is 17.5 Å². The molecule has 2 aromatic heterocycles. The number of hydrogen-bond donors (Lipinski definition) is 1. The fourth-order valence-corrected chi connectivity index (χ4v) is 4.11. The first kappa shape index (κ1) is 19.6. The van der Waals surface area contributed by atoms with Crippen LogP contribution >= 0.6 is 11.6 Å². The number of hydrogen-bond acceptors (Lipinski definition) is 4. The molecule has 0 atom stereocenters. The number of rotatable bonds is 6. The number of carbonyl (C=O) groups excluding carboxylic acids is 1. The molecule has 1 saturated carbocycles. The molecule has 1 aromatic carbocycles. The summed E-state index contributed by atoms with van der Waals surface area (Å²) in [6.45, 7) is 1.34. The summed E-state index contributed by atoms with van der Waals surface area (Å²) in [5, 5.41) is 8.39. The highest BCUT2D eigenvalue weighted by Gasteiger charge is 2.20. The Balaban J connectivity index is 1.43. The Bertz CT molecular complexity index is 1070. The summed E-state index contributed by atoms with van der Waals surface area (Å²) < 4.78 is 3.21. The van der Waals surface area contributed by atoms with E-state index in [1.807, 2.05) is 18.2 Å². The topological polar surface area (TPSA) is 81.8 Å². The quantitative estimate of drug-likeness (QED) is 0.673. The average molecular weight is 414 g/mol. The van der Waals surface area contributed by atoms with Crippen LogP contribution in [0.5, 0.6) is 0 Å². The van der Waals surface area contributed by atoms with E-state index in [0.29, 0.717) is 35.7 Å². The van der Waals surface area contributed by atoms with E-state index in [9.17, 15) is 9.59 Å². The van der Waals surface area contributed by atoms with Gasteiger partial charge in [0.05, 0.1) is 19.3 Å². The molecular formula is C21H24ClN5O2. The minimum absolute atomic E-state index is 0.123. The summed E-state index contributed by atoms with van der Waals surface area (Å²) in [6.07, 6.45) is 8.52. The van der Waals surface area contributed by atoms with Gasteiger partial charge in [-0.25, -0.2) is 9.67 Å². The fraction of sp³-hybridized carbons (Fsp3) is 0.429. The van der Waals surface area contributed by atoms with Crippen LogP contribution in [-0.2, 0) is 17.9 Å². The van der Waals surface area contributed by atoms with Gasteiger partial charge in [0.2, 0.25) is 5.91 Å². The van der Waals surface area contributed by atoms with Crippen molar-refractivity contribution in [2.45, 2.75) is 45.2 Å². The van der Waals surface area contributed by atoms with Crippen LogP contribution in [0.3, 0.4) is 0 Å². The van der Waals surface area contributed by atoms with E-state index in [0.717, 1.165) is 31.2 Å². The van der Waals surface area contributed by atoms with E-state index in [4.69, 9.17) is 11.6 Å². The number of aromatic nitrogens is 4. The highest BCUT2D eigenvalue weighted by Crippen LogP contribution is 2.23. The molecule has 0 radical (unpaired) electrons. The van der Waals surface area contributed by atoms with Crippen molar-refractivity contribution in [1.82, 2.24) is 24.6 Å². The maximum atomic E-state index is 12.8. The van der Waals surface area contributed by atoms with E-state index in [1.54, 1.807) is 21.5 Å². The van der Waals surface area contributed by atoms with Crippen LogP contribution in [0.1, 0.15) is 37.7 Å². The summed E-state index contributed by atoms with van der Waals surface area (Å²) in [6, 6.07) is 7.40. The van der Waals surface area contributed by atoms with Crippen molar-refractivity contribution >= 4 is 28.5 Å². The van der Waals surface area contributed by atoms with Gasteiger partial charge < -0.3 is 5.32 Å². The van der Waals surface area contributed by atoms with E-state index in [2.05, 4.69) is 15.4 Å². The number of fused-ring (bicyclic) bond motifs is 1. The van der Waals surface area contributed by atoms with Crippen LogP contribution < -0.4 is 10.9 Å². The van der Waals surface area contributed by atoms with Crippen LogP contribution in [0.15, 0.2) is 41.6 Å². The third-order valence-corrected chi connectivity index (χ3v) is 5.70. The molecule has 0 spiro atoms. The molecule has 1 aliphatic carbocycles. The normalized spacial score (nSPS) is 14.9. The Hall–Kier alpha value is -2.67. The highest BCUT2D eigenvalue weighted by molar-refractivity contribution is 6.30. The molecule has 0 aliphatic heterocycles. The van der Waals surface area contributed by atoms with Gasteiger partial charge in [-0.3, -0.25) is 14.2 Å². The Labute approximate surface area is 173 Å². The maximum Gasteiger partial charge on any atom is 0.264 e. The van der Waals surface area contributed by atoms with Crippen LogP contribution in [0.25, 0.3) is 11.0 Å². The van der Waals surface area contributed by atoms with E-state index in [-0.39, 0.29) is 17.4 Å². The van der Waals surface area contributed by atoms with E-state index < -0.39 is 0 Å². The predicted molar refractivity (Wildman–Crippen MR) is 112 cm³/mol. The zero-order valence-electron chi connectivity index (χ0n) is 16.2.